The molecule has 0 unspecified atom stereocenters. The third-order valence-corrected chi connectivity index (χ3v) is 3.81. The second-order valence-electron chi connectivity index (χ2n) is 5.50. The van der Waals surface area contributed by atoms with Gasteiger partial charge in [0.2, 0.25) is 5.95 Å². The fourth-order valence-electron chi connectivity index (χ4n) is 2.63. The molecule has 0 saturated carbocycles. The number of pyridine rings is 1. The van der Waals surface area contributed by atoms with Gasteiger partial charge in [-0.15, -0.1) is 5.10 Å². The summed E-state index contributed by atoms with van der Waals surface area (Å²) in [5.41, 5.74) is 2.49. The maximum atomic E-state index is 5.33. The molecule has 0 radical (unpaired) electrons. The van der Waals surface area contributed by atoms with Gasteiger partial charge < -0.3 is 15.4 Å². The van der Waals surface area contributed by atoms with Crippen molar-refractivity contribution in [2.45, 2.75) is 0 Å². The maximum absolute atomic E-state index is 5.33. The van der Waals surface area contributed by atoms with Crippen molar-refractivity contribution < 1.29 is 4.74 Å². The van der Waals surface area contributed by atoms with Crippen molar-refractivity contribution in [3.63, 3.8) is 0 Å². The lowest BCUT2D eigenvalue weighted by atomic mass is 10.2. The molecule has 0 aliphatic rings. The number of methoxy groups -OCH3 is 1. The van der Waals surface area contributed by atoms with Gasteiger partial charge in [-0.2, -0.15) is 10.1 Å². The van der Waals surface area contributed by atoms with Crippen LogP contribution in [0.15, 0.2) is 67.0 Å². The van der Waals surface area contributed by atoms with Crippen LogP contribution in [0.4, 0.5) is 23.1 Å². The van der Waals surface area contributed by atoms with Crippen molar-refractivity contribution in [3.8, 4) is 5.75 Å². The molecule has 0 fully saturated rings. The Labute approximate surface area is 150 Å². The summed E-state index contributed by atoms with van der Waals surface area (Å²) < 4.78 is 5.33. The van der Waals surface area contributed by atoms with Gasteiger partial charge in [-0.05, 0) is 24.3 Å². The van der Waals surface area contributed by atoms with E-state index >= 15 is 0 Å². The summed E-state index contributed by atoms with van der Waals surface area (Å²) in [6, 6.07) is 17.4. The summed E-state index contributed by atoms with van der Waals surface area (Å²) in [4.78, 5) is 8.90. The average Bonchev–Trinajstić information content (AvgIpc) is 2.69. The van der Waals surface area contributed by atoms with E-state index < -0.39 is 0 Å². The van der Waals surface area contributed by atoms with E-state index in [-0.39, 0.29) is 0 Å². The van der Waals surface area contributed by atoms with Gasteiger partial charge in [0.05, 0.1) is 30.2 Å². The molecule has 7 nitrogen and oxygen atoms in total. The summed E-state index contributed by atoms with van der Waals surface area (Å²) in [7, 11) is 1.62. The first-order chi connectivity index (χ1) is 12.8. The fourth-order valence-corrected chi connectivity index (χ4v) is 2.63. The van der Waals surface area contributed by atoms with Gasteiger partial charge in [0.15, 0.2) is 5.82 Å². The first-order valence-electron chi connectivity index (χ1n) is 8.04. The molecule has 2 N–H and O–H groups in total. The number of benzene rings is 2. The third-order valence-electron chi connectivity index (χ3n) is 3.81. The quantitative estimate of drug-likeness (QED) is 0.567. The van der Waals surface area contributed by atoms with E-state index in [1.54, 1.807) is 19.5 Å². The van der Waals surface area contributed by atoms with Crippen LogP contribution < -0.4 is 15.4 Å². The van der Waals surface area contributed by atoms with Crippen LogP contribution in [0.2, 0.25) is 0 Å². The van der Waals surface area contributed by atoms with Crippen LogP contribution in [0.3, 0.4) is 0 Å². The normalized spacial score (nSPS) is 10.5. The lowest BCUT2D eigenvalue weighted by molar-refractivity contribution is 0.417. The Bertz CT molecular complexity index is 1050. The summed E-state index contributed by atoms with van der Waals surface area (Å²) in [6.07, 6.45) is 3.33. The minimum absolute atomic E-state index is 0.368. The highest BCUT2D eigenvalue weighted by molar-refractivity contribution is 5.91. The zero-order valence-corrected chi connectivity index (χ0v) is 14.0. The highest BCUT2D eigenvalue weighted by atomic mass is 16.5. The van der Waals surface area contributed by atoms with Gasteiger partial charge in [0.1, 0.15) is 5.75 Å². The first kappa shape index (κ1) is 15.8. The van der Waals surface area contributed by atoms with Gasteiger partial charge in [-0.3, -0.25) is 4.98 Å². The van der Waals surface area contributed by atoms with Crippen LogP contribution in [-0.2, 0) is 0 Å². The second kappa shape index (κ2) is 7.02. The molecular weight excluding hydrogens is 328 g/mol. The number of fused-ring (bicyclic) bond motifs is 1. The molecule has 0 bridgehead atoms. The van der Waals surface area contributed by atoms with Crippen molar-refractivity contribution in [2.75, 3.05) is 17.7 Å². The molecule has 2 aromatic heterocycles. The number of ether oxygens (including phenoxy) is 1. The summed E-state index contributed by atoms with van der Waals surface area (Å²) in [5, 5.41) is 15.5. The first-order valence-corrected chi connectivity index (χ1v) is 8.04. The van der Waals surface area contributed by atoms with E-state index in [0.717, 1.165) is 22.3 Å². The third kappa shape index (κ3) is 3.23. The minimum Gasteiger partial charge on any atom is -0.495 e. The number of rotatable bonds is 5. The van der Waals surface area contributed by atoms with Crippen molar-refractivity contribution in [1.82, 2.24) is 20.2 Å². The largest absolute Gasteiger partial charge is 0.495 e. The van der Waals surface area contributed by atoms with Crippen molar-refractivity contribution >= 4 is 34.0 Å². The van der Waals surface area contributed by atoms with Crippen LogP contribution in [-0.4, -0.2) is 27.3 Å². The highest BCUT2D eigenvalue weighted by Gasteiger charge is 2.07. The number of aromatic nitrogens is 4. The number of anilines is 4. The highest BCUT2D eigenvalue weighted by Crippen LogP contribution is 2.27. The lowest BCUT2D eigenvalue weighted by Gasteiger charge is -2.11. The second-order valence-corrected chi connectivity index (χ2v) is 5.50. The van der Waals surface area contributed by atoms with Gasteiger partial charge in [0.25, 0.3) is 0 Å². The SMILES string of the molecule is COc1ccccc1Nc1nncc(Nc2cccc3cccnc23)n1. The minimum atomic E-state index is 0.368. The van der Waals surface area contributed by atoms with Gasteiger partial charge >= 0.3 is 0 Å². The number of para-hydroxylation sites is 3. The molecule has 7 heteroatoms. The zero-order valence-electron chi connectivity index (χ0n) is 14.0. The van der Waals surface area contributed by atoms with E-state index in [1.165, 1.54) is 0 Å². The number of nitrogens with one attached hydrogen (secondary N) is 2. The van der Waals surface area contributed by atoms with Crippen molar-refractivity contribution in [2.24, 2.45) is 0 Å². The predicted molar refractivity (Wildman–Crippen MR) is 101 cm³/mol. The monoisotopic (exact) mass is 344 g/mol. The Balaban J connectivity index is 1.62. The molecule has 26 heavy (non-hydrogen) atoms. The number of nitrogens with zero attached hydrogens (tertiary/aromatic N) is 4. The van der Waals surface area contributed by atoms with Crippen molar-refractivity contribution in [1.29, 1.82) is 0 Å². The lowest BCUT2D eigenvalue weighted by Crippen LogP contribution is -2.03. The van der Waals surface area contributed by atoms with E-state index in [2.05, 4.69) is 30.8 Å². The Hall–Kier alpha value is -3.74. The molecule has 2 aromatic carbocycles. The molecule has 0 aliphatic carbocycles. The average molecular weight is 344 g/mol. The van der Waals surface area contributed by atoms with E-state index in [1.807, 2.05) is 54.6 Å². The summed E-state index contributed by atoms with van der Waals surface area (Å²) >= 11 is 0. The van der Waals surface area contributed by atoms with E-state index in [4.69, 9.17) is 4.74 Å². The van der Waals surface area contributed by atoms with Crippen LogP contribution in [0, 0.1) is 0 Å². The van der Waals surface area contributed by atoms with Crippen LogP contribution >= 0.6 is 0 Å². The topological polar surface area (TPSA) is 84.9 Å². The fraction of sp³-hybridized carbons (Fsp3) is 0.0526. The Morgan fingerprint density at radius 1 is 0.885 bits per heavy atom. The molecule has 0 spiro atoms. The predicted octanol–water partition coefficient (Wildman–Crippen LogP) is 3.92. The molecule has 128 valence electrons. The molecule has 4 rings (SSSR count). The smallest absolute Gasteiger partial charge is 0.249 e. The van der Waals surface area contributed by atoms with Gasteiger partial charge in [-0.1, -0.05) is 30.3 Å². The molecular formula is C19H16N6O. The van der Waals surface area contributed by atoms with Gasteiger partial charge in [-0.25, -0.2) is 0 Å². The molecule has 2 heterocycles. The van der Waals surface area contributed by atoms with Crippen molar-refractivity contribution in [3.05, 3.63) is 67.0 Å². The number of hydrogen-bond donors (Lipinski definition) is 2. The Kier molecular flexibility index (Phi) is 4.26. The molecule has 4 aromatic rings. The van der Waals surface area contributed by atoms with E-state index in [9.17, 15) is 0 Å². The Morgan fingerprint density at radius 3 is 2.65 bits per heavy atom. The van der Waals surface area contributed by atoms with Gasteiger partial charge in [0, 0.05) is 11.6 Å². The van der Waals surface area contributed by atoms with Crippen LogP contribution in [0.25, 0.3) is 10.9 Å². The summed E-state index contributed by atoms with van der Waals surface area (Å²) in [5.74, 6) is 1.64. The zero-order chi connectivity index (χ0) is 17.8. The standard InChI is InChI=1S/C19H16N6O/c1-26-16-10-3-2-8-14(16)23-19-24-17(12-21-25-19)22-15-9-4-6-13-7-5-11-20-18(13)15/h2-12H,1H3,(H2,22,23,24,25). The maximum Gasteiger partial charge on any atom is 0.249 e. The summed E-state index contributed by atoms with van der Waals surface area (Å²) in [6.45, 7) is 0. The number of hydrogen-bond acceptors (Lipinski definition) is 7. The molecule has 0 atom stereocenters. The molecule has 0 aliphatic heterocycles. The Morgan fingerprint density at radius 2 is 1.73 bits per heavy atom. The molecule has 0 amide bonds. The van der Waals surface area contributed by atoms with Crippen LogP contribution in [0.5, 0.6) is 5.75 Å². The van der Waals surface area contributed by atoms with Crippen LogP contribution in [0.1, 0.15) is 0 Å². The molecule has 0 saturated heterocycles. The van der Waals surface area contributed by atoms with E-state index in [0.29, 0.717) is 17.5 Å².